The van der Waals surface area contributed by atoms with E-state index in [2.05, 4.69) is 5.32 Å². The number of rotatable bonds is 4. The molecule has 1 atom stereocenters. The maximum Gasteiger partial charge on any atom is 0.265 e. The van der Waals surface area contributed by atoms with Gasteiger partial charge in [-0.15, -0.1) is 0 Å². The molecule has 4 rings (SSSR count). The minimum Gasteiger partial charge on any atom is -0.480 e. The molecule has 2 heterocycles. The van der Waals surface area contributed by atoms with Crippen molar-refractivity contribution in [2.24, 2.45) is 0 Å². The lowest BCUT2D eigenvalue weighted by Gasteiger charge is -2.34. The molecule has 1 unspecified atom stereocenters. The van der Waals surface area contributed by atoms with Crippen LogP contribution in [0.5, 0.6) is 5.75 Å². The Hall–Kier alpha value is -3.35. The van der Waals surface area contributed by atoms with Crippen LogP contribution in [0.15, 0.2) is 48.5 Å². The molecule has 2 aliphatic heterocycles. The van der Waals surface area contributed by atoms with Gasteiger partial charge in [0.1, 0.15) is 5.75 Å². The van der Waals surface area contributed by atoms with Gasteiger partial charge in [0.25, 0.3) is 11.8 Å². The summed E-state index contributed by atoms with van der Waals surface area (Å²) in [5.41, 5.74) is 2.09. The Morgan fingerprint density at radius 3 is 2.47 bits per heavy atom. The predicted octanol–water partition coefficient (Wildman–Crippen LogP) is 2.32. The highest BCUT2D eigenvalue weighted by Crippen LogP contribution is 2.28. The van der Waals surface area contributed by atoms with Gasteiger partial charge in [0.05, 0.1) is 0 Å². The number of nitrogens with zero attached hydrogens (tertiary/aromatic N) is 2. The largest absolute Gasteiger partial charge is 0.480 e. The van der Waals surface area contributed by atoms with E-state index in [0.29, 0.717) is 50.3 Å². The summed E-state index contributed by atoms with van der Waals surface area (Å²) in [5, 5.41) is 2.86. The van der Waals surface area contributed by atoms with E-state index in [1.54, 1.807) is 34.1 Å². The Balaban J connectivity index is 1.37. The lowest BCUT2D eigenvalue weighted by molar-refractivity contribution is -0.132. The summed E-state index contributed by atoms with van der Waals surface area (Å²) in [6, 6.07) is 14.6. The van der Waals surface area contributed by atoms with Gasteiger partial charge in [-0.25, -0.2) is 0 Å². The monoisotopic (exact) mass is 407 g/mol. The SMILES string of the molecule is CCC(=O)N1CCN(C(=O)c2cccc(NC(=O)C3Cc4ccccc4O3)c2)CC1. The van der Waals surface area contributed by atoms with E-state index >= 15 is 0 Å². The van der Waals surface area contributed by atoms with Crippen molar-refractivity contribution in [1.82, 2.24) is 9.80 Å². The van der Waals surface area contributed by atoms with Crippen molar-refractivity contribution >= 4 is 23.4 Å². The maximum absolute atomic E-state index is 12.9. The highest BCUT2D eigenvalue weighted by atomic mass is 16.5. The molecule has 1 saturated heterocycles. The van der Waals surface area contributed by atoms with Crippen molar-refractivity contribution in [3.8, 4) is 5.75 Å². The molecule has 1 N–H and O–H groups in total. The summed E-state index contributed by atoms with van der Waals surface area (Å²) < 4.78 is 5.73. The summed E-state index contributed by atoms with van der Waals surface area (Å²) in [7, 11) is 0. The molecule has 30 heavy (non-hydrogen) atoms. The summed E-state index contributed by atoms with van der Waals surface area (Å²) in [6.45, 7) is 3.96. The van der Waals surface area contributed by atoms with Gasteiger partial charge in [0, 0.05) is 50.3 Å². The van der Waals surface area contributed by atoms with Crippen LogP contribution in [0.3, 0.4) is 0 Å². The van der Waals surface area contributed by atoms with Gasteiger partial charge in [0.15, 0.2) is 6.10 Å². The van der Waals surface area contributed by atoms with Gasteiger partial charge in [0.2, 0.25) is 5.91 Å². The Bertz CT molecular complexity index is 941. The number of piperazine rings is 1. The van der Waals surface area contributed by atoms with Crippen LogP contribution in [0.1, 0.15) is 29.3 Å². The molecule has 0 radical (unpaired) electrons. The fourth-order valence-electron chi connectivity index (χ4n) is 3.85. The van der Waals surface area contributed by atoms with E-state index in [0.717, 1.165) is 11.3 Å². The number of amides is 3. The van der Waals surface area contributed by atoms with E-state index in [1.807, 2.05) is 31.2 Å². The molecule has 1 fully saturated rings. The fourth-order valence-corrected chi connectivity index (χ4v) is 3.85. The number of fused-ring (bicyclic) bond motifs is 1. The number of carbonyl (C=O) groups is 3. The second kappa shape index (κ2) is 8.57. The molecule has 156 valence electrons. The first-order valence-electron chi connectivity index (χ1n) is 10.3. The molecule has 7 nitrogen and oxygen atoms in total. The number of hydrogen-bond acceptors (Lipinski definition) is 4. The molecule has 0 saturated carbocycles. The molecule has 2 aromatic rings. The smallest absolute Gasteiger partial charge is 0.265 e. The molecule has 2 aromatic carbocycles. The first-order chi connectivity index (χ1) is 14.5. The number of benzene rings is 2. The van der Waals surface area contributed by atoms with Gasteiger partial charge < -0.3 is 19.9 Å². The van der Waals surface area contributed by atoms with Crippen LogP contribution in [0, 0.1) is 0 Å². The number of para-hydroxylation sites is 1. The second-order valence-corrected chi connectivity index (χ2v) is 7.51. The zero-order valence-electron chi connectivity index (χ0n) is 17.0. The van der Waals surface area contributed by atoms with E-state index in [4.69, 9.17) is 4.74 Å². The van der Waals surface area contributed by atoms with Crippen molar-refractivity contribution < 1.29 is 19.1 Å². The number of ether oxygens (including phenoxy) is 1. The minimum absolute atomic E-state index is 0.0979. The lowest BCUT2D eigenvalue weighted by Crippen LogP contribution is -2.50. The second-order valence-electron chi connectivity index (χ2n) is 7.51. The Morgan fingerprint density at radius 2 is 1.73 bits per heavy atom. The number of nitrogens with one attached hydrogen (secondary N) is 1. The molecule has 0 aliphatic carbocycles. The molecule has 3 amide bonds. The van der Waals surface area contributed by atoms with Gasteiger partial charge in [-0.2, -0.15) is 0 Å². The van der Waals surface area contributed by atoms with E-state index in [-0.39, 0.29) is 17.7 Å². The molecule has 0 aromatic heterocycles. The van der Waals surface area contributed by atoms with Crippen molar-refractivity contribution in [1.29, 1.82) is 0 Å². The third-order valence-electron chi connectivity index (χ3n) is 5.54. The van der Waals surface area contributed by atoms with Crippen molar-refractivity contribution in [3.63, 3.8) is 0 Å². The highest BCUT2D eigenvalue weighted by molar-refractivity contribution is 5.98. The molecular formula is C23H25N3O4. The maximum atomic E-state index is 12.9. The molecule has 0 bridgehead atoms. The molecular weight excluding hydrogens is 382 g/mol. The topological polar surface area (TPSA) is 79.0 Å². The van der Waals surface area contributed by atoms with Crippen molar-refractivity contribution in [2.45, 2.75) is 25.9 Å². The average molecular weight is 407 g/mol. The van der Waals surface area contributed by atoms with Gasteiger partial charge >= 0.3 is 0 Å². The standard InChI is InChI=1S/C23H25N3O4/c1-2-21(27)25-10-12-26(13-11-25)23(29)17-7-5-8-18(14-17)24-22(28)20-15-16-6-3-4-9-19(16)30-20/h3-9,14,20H,2,10-13,15H2,1H3,(H,24,28). The Morgan fingerprint density at radius 1 is 1.00 bits per heavy atom. The number of anilines is 1. The van der Waals surface area contributed by atoms with Crippen LogP contribution >= 0.6 is 0 Å². The van der Waals surface area contributed by atoms with Crippen LogP contribution < -0.4 is 10.1 Å². The summed E-state index contributed by atoms with van der Waals surface area (Å²) in [5.74, 6) is 0.520. The summed E-state index contributed by atoms with van der Waals surface area (Å²) in [4.78, 5) is 40.9. The third kappa shape index (κ3) is 4.15. The normalized spacial score (nSPS) is 17.8. The quantitative estimate of drug-likeness (QED) is 0.844. The Labute approximate surface area is 175 Å². The van der Waals surface area contributed by atoms with Gasteiger partial charge in [-0.3, -0.25) is 14.4 Å². The summed E-state index contributed by atoms with van der Waals surface area (Å²) in [6.07, 6.45) is 0.429. The highest BCUT2D eigenvalue weighted by Gasteiger charge is 2.29. The molecule has 0 spiro atoms. The van der Waals surface area contributed by atoms with E-state index in [9.17, 15) is 14.4 Å². The van der Waals surface area contributed by atoms with Gasteiger partial charge in [-0.05, 0) is 29.8 Å². The zero-order chi connectivity index (χ0) is 21.1. The first-order valence-corrected chi connectivity index (χ1v) is 10.3. The van der Waals surface area contributed by atoms with Crippen LogP contribution in [-0.4, -0.2) is 59.8 Å². The van der Waals surface area contributed by atoms with E-state index in [1.165, 1.54) is 0 Å². The zero-order valence-corrected chi connectivity index (χ0v) is 17.0. The average Bonchev–Trinajstić information content (AvgIpc) is 3.23. The summed E-state index contributed by atoms with van der Waals surface area (Å²) >= 11 is 0. The van der Waals surface area contributed by atoms with Crippen LogP contribution in [0.2, 0.25) is 0 Å². The van der Waals surface area contributed by atoms with Gasteiger partial charge in [-0.1, -0.05) is 31.2 Å². The molecule has 7 heteroatoms. The fraction of sp³-hybridized carbons (Fsp3) is 0.348. The predicted molar refractivity (Wildman–Crippen MR) is 112 cm³/mol. The number of carbonyl (C=O) groups excluding carboxylic acids is 3. The van der Waals surface area contributed by atoms with Crippen LogP contribution in [0.4, 0.5) is 5.69 Å². The van der Waals surface area contributed by atoms with Crippen LogP contribution in [-0.2, 0) is 16.0 Å². The third-order valence-corrected chi connectivity index (χ3v) is 5.54. The van der Waals surface area contributed by atoms with Crippen molar-refractivity contribution in [2.75, 3.05) is 31.5 Å². The Kier molecular flexibility index (Phi) is 5.70. The lowest BCUT2D eigenvalue weighted by atomic mass is 10.1. The first kappa shape index (κ1) is 19.9. The number of hydrogen-bond donors (Lipinski definition) is 1. The molecule has 2 aliphatic rings. The van der Waals surface area contributed by atoms with Crippen LogP contribution in [0.25, 0.3) is 0 Å². The van der Waals surface area contributed by atoms with E-state index < -0.39 is 6.10 Å². The minimum atomic E-state index is -0.578. The van der Waals surface area contributed by atoms with Crippen molar-refractivity contribution in [3.05, 3.63) is 59.7 Å².